The number of aryl methyl sites for hydroxylation is 1. The number of hydrogen-bond donors (Lipinski definition) is 2. The maximum absolute atomic E-state index is 5.53. The van der Waals surface area contributed by atoms with E-state index in [1.165, 1.54) is 6.33 Å². The average molecular weight is 201 g/mol. The van der Waals surface area contributed by atoms with Gasteiger partial charge in [0, 0.05) is 11.8 Å². The summed E-state index contributed by atoms with van der Waals surface area (Å²) in [5.41, 5.74) is 7.38. The largest absolute Gasteiger partial charge is 0.384 e. The third kappa shape index (κ3) is 2.40. The van der Waals surface area contributed by atoms with Crippen molar-refractivity contribution in [3.8, 4) is 0 Å². The lowest BCUT2D eigenvalue weighted by atomic mass is 10.3. The fourth-order valence-corrected chi connectivity index (χ4v) is 1.13. The summed E-state index contributed by atoms with van der Waals surface area (Å²) in [5, 5.41) is 3.08. The summed E-state index contributed by atoms with van der Waals surface area (Å²) >= 11 is 0. The van der Waals surface area contributed by atoms with E-state index < -0.39 is 0 Å². The standard InChI is InChI=1S/C10H11N5/c1-7-2-3-8(5-12-7)15-10-4-9(11)13-6-14-10/h2-6H,1H3,(H3,11,13,14,15). The van der Waals surface area contributed by atoms with Crippen LogP contribution in [-0.4, -0.2) is 15.0 Å². The average Bonchev–Trinajstić information content (AvgIpc) is 2.22. The van der Waals surface area contributed by atoms with Gasteiger partial charge in [0.15, 0.2) is 0 Å². The highest BCUT2D eigenvalue weighted by molar-refractivity contribution is 5.56. The van der Waals surface area contributed by atoms with E-state index in [4.69, 9.17) is 5.73 Å². The third-order valence-electron chi connectivity index (χ3n) is 1.87. The number of aromatic nitrogens is 3. The second-order valence-electron chi connectivity index (χ2n) is 3.14. The van der Waals surface area contributed by atoms with Gasteiger partial charge in [0.2, 0.25) is 0 Å². The molecule has 76 valence electrons. The first kappa shape index (κ1) is 9.39. The number of nitrogens with one attached hydrogen (secondary N) is 1. The molecule has 2 aromatic rings. The van der Waals surface area contributed by atoms with Crippen molar-refractivity contribution in [2.45, 2.75) is 6.92 Å². The molecular weight excluding hydrogens is 190 g/mol. The molecule has 0 bridgehead atoms. The first-order valence-corrected chi connectivity index (χ1v) is 4.51. The van der Waals surface area contributed by atoms with Crippen LogP contribution < -0.4 is 11.1 Å². The van der Waals surface area contributed by atoms with Crippen LogP contribution in [0.4, 0.5) is 17.3 Å². The van der Waals surface area contributed by atoms with Gasteiger partial charge in [-0.1, -0.05) is 0 Å². The molecule has 15 heavy (non-hydrogen) atoms. The maximum atomic E-state index is 5.53. The molecule has 0 spiro atoms. The first-order chi connectivity index (χ1) is 7.24. The monoisotopic (exact) mass is 201 g/mol. The van der Waals surface area contributed by atoms with Gasteiger partial charge in [-0.25, -0.2) is 9.97 Å². The summed E-state index contributed by atoms with van der Waals surface area (Å²) < 4.78 is 0. The zero-order chi connectivity index (χ0) is 10.7. The quantitative estimate of drug-likeness (QED) is 0.770. The van der Waals surface area contributed by atoms with Crippen LogP contribution in [0, 0.1) is 6.92 Å². The van der Waals surface area contributed by atoms with Crippen molar-refractivity contribution in [2.24, 2.45) is 0 Å². The van der Waals surface area contributed by atoms with E-state index >= 15 is 0 Å². The Morgan fingerprint density at radius 3 is 2.73 bits per heavy atom. The normalized spacial score (nSPS) is 9.93. The molecule has 2 rings (SSSR count). The Balaban J connectivity index is 2.18. The van der Waals surface area contributed by atoms with E-state index in [2.05, 4.69) is 20.3 Å². The number of hydrogen-bond acceptors (Lipinski definition) is 5. The number of nitrogen functional groups attached to an aromatic ring is 1. The fourth-order valence-electron chi connectivity index (χ4n) is 1.13. The van der Waals surface area contributed by atoms with Crippen LogP contribution in [0.5, 0.6) is 0 Å². The number of rotatable bonds is 2. The van der Waals surface area contributed by atoms with Gasteiger partial charge in [-0.15, -0.1) is 0 Å². The Morgan fingerprint density at radius 2 is 2.07 bits per heavy atom. The molecule has 0 amide bonds. The summed E-state index contributed by atoms with van der Waals surface area (Å²) in [7, 11) is 0. The SMILES string of the molecule is Cc1ccc(Nc2cc(N)ncn2)cn1. The van der Waals surface area contributed by atoms with Crippen LogP contribution >= 0.6 is 0 Å². The predicted molar refractivity (Wildman–Crippen MR) is 58.7 cm³/mol. The van der Waals surface area contributed by atoms with Crippen molar-refractivity contribution in [1.29, 1.82) is 0 Å². The van der Waals surface area contributed by atoms with Crippen LogP contribution in [0.3, 0.4) is 0 Å². The Morgan fingerprint density at radius 1 is 1.20 bits per heavy atom. The van der Waals surface area contributed by atoms with E-state index in [0.717, 1.165) is 11.4 Å². The van der Waals surface area contributed by atoms with Crippen LogP contribution in [0.2, 0.25) is 0 Å². The molecule has 5 heteroatoms. The minimum atomic E-state index is 0.438. The molecule has 0 saturated heterocycles. The molecule has 0 aliphatic carbocycles. The van der Waals surface area contributed by atoms with Crippen molar-refractivity contribution in [3.05, 3.63) is 36.4 Å². The van der Waals surface area contributed by atoms with Crippen molar-refractivity contribution >= 4 is 17.3 Å². The molecule has 5 nitrogen and oxygen atoms in total. The zero-order valence-corrected chi connectivity index (χ0v) is 8.31. The highest BCUT2D eigenvalue weighted by Gasteiger charge is 1.96. The molecular formula is C10H11N5. The molecule has 0 aromatic carbocycles. The number of pyridine rings is 1. The van der Waals surface area contributed by atoms with Crippen LogP contribution in [0.25, 0.3) is 0 Å². The molecule has 0 unspecified atom stereocenters. The lowest BCUT2D eigenvalue weighted by molar-refractivity contribution is 1.16. The Kier molecular flexibility index (Phi) is 2.45. The van der Waals surface area contributed by atoms with Crippen LogP contribution in [0.15, 0.2) is 30.7 Å². The number of nitrogens with two attached hydrogens (primary N) is 1. The van der Waals surface area contributed by atoms with Gasteiger partial charge in [-0.3, -0.25) is 4.98 Å². The van der Waals surface area contributed by atoms with Gasteiger partial charge in [0.1, 0.15) is 18.0 Å². The van der Waals surface area contributed by atoms with Crippen molar-refractivity contribution in [3.63, 3.8) is 0 Å². The highest BCUT2D eigenvalue weighted by Crippen LogP contribution is 2.13. The Hall–Kier alpha value is -2.17. The minimum absolute atomic E-state index is 0.438. The van der Waals surface area contributed by atoms with E-state index in [1.54, 1.807) is 12.3 Å². The first-order valence-electron chi connectivity index (χ1n) is 4.51. The van der Waals surface area contributed by atoms with E-state index in [-0.39, 0.29) is 0 Å². The second-order valence-corrected chi connectivity index (χ2v) is 3.14. The van der Waals surface area contributed by atoms with Crippen molar-refractivity contribution in [1.82, 2.24) is 15.0 Å². The fraction of sp³-hybridized carbons (Fsp3) is 0.100. The van der Waals surface area contributed by atoms with Crippen molar-refractivity contribution in [2.75, 3.05) is 11.1 Å². The molecule has 0 aliphatic rings. The molecule has 2 aromatic heterocycles. The molecule has 0 atom stereocenters. The molecule has 0 radical (unpaired) electrons. The van der Waals surface area contributed by atoms with Gasteiger partial charge in [-0.05, 0) is 19.1 Å². The molecule has 0 saturated carbocycles. The van der Waals surface area contributed by atoms with Crippen LogP contribution in [-0.2, 0) is 0 Å². The number of nitrogens with zero attached hydrogens (tertiary/aromatic N) is 3. The molecule has 0 fully saturated rings. The lowest BCUT2D eigenvalue weighted by Gasteiger charge is -2.04. The van der Waals surface area contributed by atoms with Crippen LogP contribution in [0.1, 0.15) is 5.69 Å². The Bertz CT molecular complexity index is 452. The highest BCUT2D eigenvalue weighted by atomic mass is 15.0. The van der Waals surface area contributed by atoms with Gasteiger partial charge < -0.3 is 11.1 Å². The van der Waals surface area contributed by atoms with Crippen molar-refractivity contribution < 1.29 is 0 Å². The van der Waals surface area contributed by atoms with Gasteiger partial charge in [0.05, 0.1) is 11.9 Å². The van der Waals surface area contributed by atoms with Gasteiger partial charge in [-0.2, -0.15) is 0 Å². The summed E-state index contributed by atoms with van der Waals surface area (Å²) in [5.74, 6) is 1.10. The summed E-state index contributed by atoms with van der Waals surface area (Å²) in [6.45, 7) is 1.94. The predicted octanol–water partition coefficient (Wildman–Crippen LogP) is 1.51. The topological polar surface area (TPSA) is 76.7 Å². The zero-order valence-electron chi connectivity index (χ0n) is 8.31. The second kappa shape index (κ2) is 3.91. The summed E-state index contributed by atoms with van der Waals surface area (Å²) in [6.07, 6.45) is 3.16. The van der Waals surface area contributed by atoms with E-state index in [0.29, 0.717) is 11.6 Å². The maximum Gasteiger partial charge on any atom is 0.135 e. The van der Waals surface area contributed by atoms with Gasteiger partial charge >= 0.3 is 0 Å². The number of anilines is 3. The van der Waals surface area contributed by atoms with E-state index in [9.17, 15) is 0 Å². The Labute approximate surface area is 87.4 Å². The molecule has 3 N–H and O–H groups in total. The molecule has 0 aliphatic heterocycles. The third-order valence-corrected chi connectivity index (χ3v) is 1.87. The van der Waals surface area contributed by atoms with Gasteiger partial charge in [0.25, 0.3) is 0 Å². The summed E-state index contributed by atoms with van der Waals surface area (Å²) in [4.78, 5) is 12.0. The molecule has 2 heterocycles. The smallest absolute Gasteiger partial charge is 0.135 e. The minimum Gasteiger partial charge on any atom is -0.384 e. The van der Waals surface area contributed by atoms with E-state index in [1.807, 2.05) is 19.1 Å². The summed E-state index contributed by atoms with van der Waals surface area (Å²) in [6, 6.07) is 5.52. The lowest BCUT2D eigenvalue weighted by Crippen LogP contribution is -1.97.